The van der Waals surface area contributed by atoms with Gasteiger partial charge in [0.05, 0.1) is 17.9 Å². The van der Waals surface area contributed by atoms with Crippen molar-refractivity contribution in [3.63, 3.8) is 0 Å². The number of hydrogen-bond acceptors (Lipinski definition) is 6. The highest BCUT2D eigenvalue weighted by Gasteiger charge is 2.10. The van der Waals surface area contributed by atoms with E-state index in [1.807, 2.05) is 54.6 Å². The number of anilines is 2. The van der Waals surface area contributed by atoms with E-state index in [0.717, 1.165) is 23.2 Å². The molecule has 2 atom stereocenters. The van der Waals surface area contributed by atoms with E-state index >= 15 is 0 Å². The summed E-state index contributed by atoms with van der Waals surface area (Å²) in [6.07, 6.45) is -0.0427. The SMILES string of the molecule is O=CNc1cc([C@@H](O)CNCCc2ccc(NCC(O)c3ccccc3)cc2)ccc1O. The summed E-state index contributed by atoms with van der Waals surface area (Å²) in [5.74, 6) is -0.0477. The number of benzene rings is 3. The summed E-state index contributed by atoms with van der Waals surface area (Å²) in [7, 11) is 0. The second-order valence-corrected chi connectivity index (χ2v) is 7.51. The van der Waals surface area contributed by atoms with E-state index in [9.17, 15) is 20.1 Å². The lowest BCUT2D eigenvalue weighted by atomic mass is 10.1. The van der Waals surface area contributed by atoms with Crippen molar-refractivity contribution in [2.75, 3.05) is 30.3 Å². The first-order valence-corrected chi connectivity index (χ1v) is 10.5. The summed E-state index contributed by atoms with van der Waals surface area (Å²) in [5.41, 5.74) is 3.85. The molecule has 0 saturated carbocycles. The predicted molar refractivity (Wildman–Crippen MR) is 126 cm³/mol. The van der Waals surface area contributed by atoms with Crippen LogP contribution in [0.1, 0.15) is 28.9 Å². The Morgan fingerprint density at radius 1 is 0.844 bits per heavy atom. The lowest BCUT2D eigenvalue weighted by Gasteiger charge is -2.15. The zero-order chi connectivity index (χ0) is 22.8. The van der Waals surface area contributed by atoms with Crippen LogP contribution in [0.4, 0.5) is 11.4 Å². The van der Waals surface area contributed by atoms with Crippen LogP contribution in [0.3, 0.4) is 0 Å². The number of phenolic OH excluding ortho intramolecular Hbond substituents is 1. The number of carbonyl (C=O) groups is 1. The van der Waals surface area contributed by atoms with Crippen LogP contribution >= 0.6 is 0 Å². The molecule has 6 N–H and O–H groups in total. The highest BCUT2D eigenvalue weighted by molar-refractivity contribution is 5.75. The Morgan fingerprint density at radius 2 is 1.56 bits per heavy atom. The van der Waals surface area contributed by atoms with E-state index in [1.165, 1.54) is 6.07 Å². The third-order valence-corrected chi connectivity index (χ3v) is 5.19. The molecule has 32 heavy (non-hydrogen) atoms. The van der Waals surface area contributed by atoms with Crippen LogP contribution in [0, 0.1) is 0 Å². The molecule has 0 aromatic heterocycles. The fourth-order valence-electron chi connectivity index (χ4n) is 3.33. The van der Waals surface area contributed by atoms with Crippen LogP contribution in [0.15, 0.2) is 72.8 Å². The van der Waals surface area contributed by atoms with Crippen molar-refractivity contribution in [2.24, 2.45) is 0 Å². The van der Waals surface area contributed by atoms with Crippen molar-refractivity contribution < 1.29 is 20.1 Å². The normalized spacial score (nSPS) is 12.7. The number of aliphatic hydroxyl groups is 2. The van der Waals surface area contributed by atoms with Crippen molar-refractivity contribution in [3.8, 4) is 5.75 Å². The molecule has 7 heteroatoms. The summed E-state index contributed by atoms with van der Waals surface area (Å²) < 4.78 is 0. The molecule has 168 valence electrons. The Labute approximate surface area is 187 Å². The quantitative estimate of drug-likeness (QED) is 0.148. The number of rotatable bonds is 12. The van der Waals surface area contributed by atoms with Crippen molar-refractivity contribution in [2.45, 2.75) is 18.6 Å². The molecule has 3 aromatic rings. The number of aromatic hydroxyl groups is 1. The number of phenols is 1. The fraction of sp³-hybridized carbons (Fsp3) is 0.240. The third-order valence-electron chi connectivity index (χ3n) is 5.19. The van der Waals surface area contributed by atoms with Gasteiger partial charge in [0.15, 0.2) is 0 Å². The van der Waals surface area contributed by atoms with Crippen LogP contribution in [-0.4, -0.2) is 41.4 Å². The van der Waals surface area contributed by atoms with Crippen molar-refractivity contribution >= 4 is 17.8 Å². The maximum atomic E-state index is 10.6. The van der Waals surface area contributed by atoms with E-state index in [4.69, 9.17) is 0 Å². The predicted octanol–water partition coefficient (Wildman–Crippen LogP) is 2.97. The highest BCUT2D eigenvalue weighted by Crippen LogP contribution is 2.26. The Morgan fingerprint density at radius 3 is 2.28 bits per heavy atom. The molecule has 0 fully saturated rings. The molecule has 3 aromatic carbocycles. The molecular formula is C25H29N3O4. The summed E-state index contributed by atoms with van der Waals surface area (Å²) >= 11 is 0. The summed E-state index contributed by atoms with van der Waals surface area (Å²) in [5, 5.41) is 39.1. The molecular weight excluding hydrogens is 406 g/mol. The minimum atomic E-state index is -0.759. The first-order valence-electron chi connectivity index (χ1n) is 10.5. The van der Waals surface area contributed by atoms with Crippen molar-refractivity contribution in [1.82, 2.24) is 5.32 Å². The van der Waals surface area contributed by atoms with E-state index < -0.39 is 12.2 Å². The number of amides is 1. The molecule has 1 amide bonds. The van der Waals surface area contributed by atoms with Crippen LogP contribution in [0.5, 0.6) is 5.75 Å². The zero-order valence-electron chi connectivity index (χ0n) is 17.7. The number of aliphatic hydroxyl groups excluding tert-OH is 2. The van der Waals surface area contributed by atoms with Gasteiger partial charge in [-0.2, -0.15) is 0 Å². The summed E-state index contributed by atoms with van der Waals surface area (Å²) in [6, 6.07) is 22.2. The van der Waals surface area contributed by atoms with Gasteiger partial charge in [0, 0.05) is 18.8 Å². The Balaban J connectivity index is 1.40. The van der Waals surface area contributed by atoms with E-state index in [0.29, 0.717) is 31.6 Å². The smallest absolute Gasteiger partial charge is 0.211 e. The minimum Gasteiger partial charge on any atom is -0.506 e. The fourth-order valence-corrected chi connectivity index (χ4v) is 3.33. The van der Waals surface area contributed by atoms with E-state index in [1.54, 1.807) is 12.1 Å². The van der Waals surface area contributed by atoms with Gasteiger partial charge in [0.1, 0.15) is 5.75 Å². The minimum absolute atomic E-state index is 0.0477. The molecule has 1 unspecified atom stereocenters. The van der Waals surface area contributed by atoms with Gasteiger partial charge in [-0.25, -0.2) is 0 Å². The Bertz CT molecular complexity index is 980. The van der Waals surface area contributed by atoms with Crippen LogP contribution in [-0.2, 0) is 11.2 Å². The van der Waals surface area contributed by atoms with E-state index in [-0.39, 0.29) is 11.4 Å². The molecule has 0 bridgehead atoms. The standard InChI is InChI=1S/C25H29N3O4/c29-17-28-22-14-20(8-11-23(22)30)24(31)15-26-13-12-18-6-9-21(10-7-18)27-16-25(32)19-4-2-1-3-5-19/h1-11,14,17,24-27,30-32H,12-13,15-16H2,(H,28,29)/t24-,25?/m0/s1. The van der Waals surface area contributed by atoms with Gasteiger partial charge in [-0.05, 0) is 53.9 Å². The molecule has 0 spiro atoms. The molecule has 0 saturated heterocycles. The maximum absolute atomic E-state index is 10.6. The van der Waals surface area contributed by atoms with Crippen LogP contribution < -0.4 is 16.0 Å². The molecule has 0 radical (unpaired) electrons. The average molecular weight is 436 g/mol. The van der Waals surface area contributed by atoms with Gasteiger partial charge in [-0.3, -0.25) is 4.79 Å². The second-order valence-electron chi connectivity index (χ2n) is 7.51. The Kier molecular flexibility index (Phi) is 8.62. The lowest BCUT2D eigenvalue weighted by Crippen LogP contribution is -2.23. The molecule has 0 aliphatic rings. The van der Waals surface area contributed by atoms with Gasteiger partial charge in [-0.15, -0.1) is 0 Å². The highest BCUT2D eigenvalue weighted by atomic mass is 16.3. The average Bonchev–Trinajstić information content (AvgIpc) is 2.83. The zero-order valence-corrected chi connectivity index (χ0v) is 17.7. The van der Waals surface area contributed by atoms with Crippen LogP contribution in [0.2, 0.25) is 0 Å². The molecule has 0 aliphatic heterocycles. The molecule has 0 aliphatic carbocycles. The number of nitrogens with one attached hydrogen (secondary N) is 3. The molecule has 3 rings (SSSR count). The first-order chi connectivity index (χ1) is 15.6. The van der Waals surface area contributed by atoms with Gasteiger partial charge in [0.2, 0.25) is 6.41 Å². The number of hydrogen-bond donors (Lipinski definition) is 6. The first kappa shape index (κ1) is 23.3. The molecule has 7 nitrogen and oxygen atoms in total. The monoisotopic (exact) mass is 435 g/mol. The number of carbonyl (C=O) groups excluding carboxylic acids is 1. The summed E-state index contributed by atoms with van der Waals surface area (Å²) in [4.78, 5) is 10.6. The van der Waals surface area contributed by atoms with Crippen molar-refractivity contribution in [1.29, 1.82) is 0 Å². The van der Waals surface area contributed by atoms with Gasteiger partial charge in [0.25, 0.3) is 0 Å². The van der Waals surface area contributed by atoms with Gasteiger partial charge >= 0.3 is 0 Å². The van der Waals surface area contributed by atoms with Gasteiger partial charge in [-0.1, -0.05) is 48.5 Å². The third kappa shape index (κ3) is 6.81. The molecule has 0 heterocycles. The largest absolute Gasteiger partial charge is 0.506 e. The van der Waals surface area contributed by atoms with Crippen molar-refractivity contribution in [3.05, 3.63) is 89.5 Å². The lowest BCUT2D eigenvalue weighted by molar-refractivity contribution is -0.105. The summed E-state index contributed by atoms with van der Waals surface area (Å²) in [6.45, 7) is 1.47. The second kappa shape index (κ2) is 11.9. The van der Waals surface area contributed by atoms with E-state index in [2.05, 4.69) is 16.0 Å². The van der Waals surface area contributed by atoms with Gasteiger partial charge < -0.3 is 31.3 Å². The topological polar surface area (TPSA) is 114 Å². The maximum Gasteiger partial charge on any atom is 0.211 e. The van der Waals surface area contributed by atoms with Crippen LogP contribution in [0.25, 0.3) is 0 Å². The Hall–Kier alpha value is -3.39.